The molecule has 0 bridgehead atoms. The summed E-state index contributed by atoms with van der Waals surface area (Å²) in [5.41, 5.74) is 4.64. The average molecular weight is 147 g/mol. The van der Waals surface area contributed by atoms with Gasteiger partial charge in [0.15, 0.2) is 0 Å². The molecule has 0 aliphatic rings. The van der Waals surface area contributed by atoms with Crippen LogP contribution in [0.3, 0.4) is 0 Å². The zero-order valence-electron chi connectivity index (χ0n) is 3.83. The van der Waals surface area contributed by atoms with Crippen LogP contribution in [-0.4, -0.2) is 12.8 Å². The second-order valence-electron chi connectivity index (χ2n) is 1.02. The molecule has 8 heavy (non-hydrogen) atoms. The van der Waals surface area contributed by atoms with Crippen molar-refractivity contribution in [3.8, 4) is 0 Å². The Morgan fingerprint density at radius 1 is 1.50 bits per heavy atom. The van der Waals surface area contributed by atoms with Crippen LogP contribution in [0.25, 0.3) is 0 Å². The van der Waals surface area contributed by atoms with Crippen molar-refractivity contribution in [1.82, 2.24) is 0 Å². The number of halogens is 3. The number of rotatable bonds is 2. The van der Waals surface area contributed by atoms with E-state index in [4.69, 9.17) is 0 Å². The first-order valence-corrected chi connectivity index (χ1v) is 2.69. The van der Waals surface area contributed by atoms with Crippen LogP contribution >= 0.6 is 8.96 Å². The van der Waals surface area contributed by atoms with E-state index in [-0.39, 0.29) is 0 Å². The summed E-state index contributed by atoms with van der Waals surface area (Å²) in [6.07, 6.45) is -4.24. The smallest absolute Gasteiger partial charge is 0.337 e. The molecule has 2 N–H and O–H groups in total. The van der Waals surface area contributed by atoms with Crippen molar-refractivity contribution in [3.05, 3.63) is 0 Å². The van der Waals surface area contributed by atoms with E-state index >= 15 is 0 Å². The van der Waals surface area contributed by atoms with Crippen LogP contribution in [0.2, 0.25) is 0 Å². The molecule has 0 amide bonds. The van der Waals surface area contributed by atoms with Crippen molar-refractivity contribution in [2.45, 2.75) is 6.18 Å². The Balaban J connectivity index is 3.11. The van der Waals surface area contributed by atoms with Gasteiger partial charge in [0.2, 0.25) is 0 Å². The fraction of sp³-hybridized carbons (Fsp3) is 1.00. The standard InChI is InChI=1S/C2H5F3NOP/c3-2(4,5)1-7-8-6/h8H,1,6H2. The maximum absolute atomic E-state index is 11.1. The first-order valence-electron chi connectivity index (χ1n) is 1.70. The van der Waals surface area contributed by atoms with Crippen LogP contribution in [0.1, 0.15) is 0 Å². The van der Waals surface area contributed by atoms with Gasteiger partial charge in [0, 0.05) is 0 Å². The van der Waals surface area contributed by atoms with Crippen LogP contribution in [0.5, 0.6) is 0 Å². The highest BCUT2D eigenvalue weighted by atomic mass is 31.1. The lowest BCUT2D eigenvalue weighted by Gasteiger charge is -2.03. The van der Waals surface area contributed by atoms with Crippen molar-refractivity contribution in [2.75, 3.05) is 6.61 Å². The monoisotopic (exact) mass is 147 g/mol. The second-order valence-corrected chi connectivity index (χ2v) is 1.55. The van der Waals surface area contributed by atoms with Crippen LogP contribution in [0.4, 0.5) is 13.2 Å². The molecule has 0 aromatic carbocycles. The van der Waals surface area contributed by atoms with E-state index in [0.29, 0.717) is 0 Å². The van der Waals surface area contributed by atoms with Gasteiger partial charge in [0.25, 0.3) is 0 Å². The Morgan fingerprint density at radius 2 is 2.00 bits per heavy atom. The Labute approximate surface area is 46.1 Å². The van der Waals surface area contributed by atoms with Gasteiger partial charge in [-0.3, -0.25) is 5.50 Å². The third kappa shape index (κ3) is 6.14. The van der Waals surface area contributed by atoms with Gasteiger partial charge in [0.1, 0.15) is 6.61 Å². The number of alkyl halides is 3. The number of hydrogen-bond donors (Lipinski definition) is 1. The molecule has 0 radical (unpaired) electrons. The van der Waals surface area contributed by atoms with Crippen molar-refractivity contribution in [3.63, 3.8) is 0 Å². The third-order valence-electron chi connectivity index (χ3n) is 0.319. The molecule has 6 heteroatoms. The van der Waals surface area contributed by atoms with E-state index in [0.717, 1.165) is 0 Å². The molecule has 0 fully saturated rings. The summed E-state index contributed by atoms with van der Waals surface area (Å²) < 4.78 is 37.1. The zero-order valence-corrected chi connectivity index (χ0v) is 4.83. The Bertz CT molecular complexity index is 64.8. The van der Waals surface area contributed by atoms with E-state index in [1.165, 1.54) is 0 Å². The number of nitrogens with two attached hydrogens (primary N) is 1. The van der Waals surface area contributed by atoms with Crippen molar-refractivity contribution in [1.29, 1.82) is 0 Å². The molecule has 0 saturated heterocycles. The first kappa shape index (κ1) is 8.14. The largest absolute Gasteiger partial charge is 0.412 e. The highest BCUT2D eigenvalue weighted by molar-refractivity contribution is 7.29. The Kier molecular flexibility index (Phi) is 3.28. The van der Waals surface area contributed by atoms with E-state index < -0.39 is 21.7 Å². The molecule has 1 unspecified atom stereocenters. The molecule has 1 atom stereocenters. The predicted octanol–water partition coefficient (Wildman–Crippen LogP) is 1.03. The first-order chi connectivity index (χ1) is 3.56. The summed E-state index contributed by atoms with van der Waals surface area (Å²) in [6.45, 7) is -1.25. The minimum atomic E-state index is -4.24. The SMILES string of the molecule is NPOCC(F)(F)F. The van der Waals surface area contributed by atoms with E-state index in [1.807, 2.05) is 0 Å². The van der Waals surface area contributed by atoms with Gasteiger partial charge >= 0.3 is 6.18 Å². The molecule has 0 saturated carbocycles. The topological polar surface area (TPSA) is 35.2 Å². The summed E-state index contributed by atoms with van der Waals surface area (Å²) in [4.78, 5) is 0. The van der Waals surface area contributed by atoms with Crippen LogP contribution in [0.15, 0.2) is 0 Å². The van der Waals surface area contributed by atoms with E-state index in [2.05, 4.69) is 10.0 Å². The molecule has 0 aromatic heterocycles. The summed E-state index contributed by atoms with van der Waals surface area (Å²) in [7, 11) is -0.589. The third-order valence-corrected chi connectivity index (χ3v) is 0.630. The summed E-state index contributed by atoms with van der Waals surface area (Å²) >= 11 is 0. The Morgan fingerprint density at radius 3 is 2.12 bits per heavy atom. The molecule has 0 aromatic rings. The van der Waals surface area contributed by atoms with Gasteiger partial charge < -0.3 is 4.52 Å². The molecule has 0 aliphatic carbocycles. The van der Waals surface area contributed by atoms with Gasteiger partial charge in [-0.25, -0.2) is 0 Å². The zero-order chi connectivity index (χ0) is 6.62. The molecule has 0 spiro atoms. The van der Waals surface area contributed by atoms with E-state index in [1.54, 1.807) is 0 Å². The second kappa shape index (κ2) is 3.22. The minimum absolute atomic E-state index is 0.589. The maximum atomic E-state index is 11.1. The van der Waals surface area contributed by atoms with E-state index in [9.17, 15) is 13.2 Å². The maximum Gasteiger partial charge on any atom is 0.412 e. The van der Waals surface area contributed by atoms with Crippen LogP contribution in [0, 0.1) is 0 Å². The van der Waals surface area contributed by atoms with Crippen molar-refractivity contribution < 1.29 is 17.7 Å². The predicted molar refractivity (Wildman–Crippen MR) is 24.5 cm³/mol. The molecule has 0 rings (SSSR count). The number of hydrogen-bond acceptors (Lipinski definition) is 2. The van der Waals surface area contributed by atoms with Gasteiger partial charge in [0.05, 0.1) is 8.96 Å². The quantitative estimate of drug-likeness (QED) is 0.592. The van der Waals surface area contributed by atoms with Gasteiger partial charge in [-0.15, -0.1) is 0 Å². The average Bonchev–Trinajstić information content (AvgIpc) is 1.59. The lowest BCUT2D eigenvalue weighted by atomic mass is 10.7. The molecule has 2 nitrogen and oxygen atoms in total. The summed E-state index contributed by atoms with van der Waals surface area (Å²) in [5.74, 6) is 0. The van der Waals surface area contributed by atoms with Crippen molar-refractivity contribution >= 4 is 8.96 Å². The fourth-order valence-corrected chi connectivity index (χ4v) is 0.370. The molecule has 0 heterocycles. The van der Waals surface area contributed by atoms with Crippen molar-refractivity contribution in [2.24, 2.45) is 5.50 Å². The van der Waals surface area contributed by atoms with Gasteiger partial charge in [-0.05, 0) is 0 Å². The highest BCUT2D eigenvalue weighted by Gasteiger charge is 2.26. The van der Waals surface area contributed by atoms with Crippen LogP contribution < -0.4 is 5.50 Å². The minimum Gasteiger partial charge on any atom is -0.337 e. The summed E-state index contributed by atoms with van der Waals surface area (Å²) in [5, 5.41) is 0. The van der Waals surface area contributed by atoms with Gasteiger partial charge in [-0.2, -0.15) is 13.2 Å². The van der Waals surface area contributed by atoms with Crippen LogP contribution in [-0.2, 0) is 4.52 Å². The molecule has 50 valence electrons. The normalized spacial score (nSPS) is 13.5. The summed E-state index contributed by atoms with van der Waals surface area (Å²) in [6, 6.07) is 0. The lowest BCUT2D eigenvalue weighted by molar-refractivity contribution is -0.151. The van der Waals surface area contributed by atoms with Gasteiger partial charge in [-0.1, -0.05) is 0 Å². The molecular formula is C2H5F3NOP. The molecular weight excluding hydrogens is 142 g/mol. The fourth-order valence-electron chi connectivity index (χ4n) is 0.123. The highest BCUT2D eigenvalue weighted by Crippen LogP contribution is 2.17. The lowest BCUT2D eigenvalue weighted by Crippen LogP contribution is -2.14. The molecule has 0 aliphatic heterocycles. The Hall–Kier alpha value is 0.140.